The lowest BCUT2D eigenvalue weighted by atomic mass is 9.74. The molecule has 1 fully saturated rings. The van der Waals surface area contributed by atoms with E-state index in [0.29, 0.717) is 23.4 Å². The molecule has 1 atom stereocenters. The van der Waals surface area contributed by atoms with Crippen molar-refractivity contribution in [1.82, 2.24) is 5.32 Å². The van der Waals surface area contributed by atoms with Crippen LogP contribution in [0.2, 0.25) is 5.02 Å². The SMILES string of the molecule is CC(NC1CC(c2ccc(Cl)cc2)C1)C(C)(C)C. The quantitative estimate of drug-likeness (QED) is 0.842. The standard InChI is InChI=1S/C16H24ClN/c1-11(16(2,3)4)18-15-9-13(10-15)12-5-7-14(17)8-6-12/h5-8,11,13,15,18H,9-10H2,1-4H3. The van der Waals surface area contributed by atoms with Gasteiger partial charge in [-0.25, -0.2) is 0 Å². The van der Waals surface area contributed by atoms with Crippen LogP contribution in [-0.4, -0.2) is 12.1 Å². The lowest BCUT2D eigenvalue weighted by Gasteiger charge is -2.41. The molecule has 0 amide bonds. The van der Waals surface area contributed by atoms with E-state index in [1.54, 1.807) is 0 Å². The number of benzene rings is 1. The van der Waals surface area contributed by atoms with Crippen molar-refractivity contribution in [2.24, 2.45) is 5.41 Å². The van der Waals surface area contributed by atoms with Crippen molar-refractivity contribution in [3.8, 4) is 0 Å². The number of hydrogen-bond acceptors (Lipinski definition) is 1. The molecule has 1 aliphatic carbocycles. The van der Waals surface area contributed by atoms with Gasteiger partial charge in [0.15, 0.2) is 0 Å². The van der Waals surface area contributed by atoms with Crippen molar-refractivity contribution in [1.29, 1.82) is 0 Å². The first-order valence-corrected chi connectivity index (χ1v) is 7.25. The topological polar surface area (TPSA) is 12.0 Å². The highest BCUT2D eigenvalue weighted by atomic mass is 35.5. The van der Waals surface area contributed by atoms with Crippen LogP contribution in [0.5, 0.6) is 0 Å². The average Bonchev–Trinajstić information content (AvgIpc) is 2.23. The molecule has 18 heavy (non-hydrogen) atoms. The summed E-state index contributed by atoms with van der Waals surface area (Å²) in [6, 6.07) is 9.56. The molecule has 1 aromatic rings. The van der Waals surface area contributed by atoms with Crippen LogP contribution in [0.1, 0.15) is 52.0 Å². The Morgan fingerprint density at radius 3 is 2.22 bits per heavy atom. The fraction of sp³-hybridized carbons (Fsp3) is 0.625. The van der Waals surface area contributed by atoms with Gasteiger partial charge in [-0.1, -0.05) is 44.5 Å². The molecular formula is C16H24ClN. The van der Waals surface area contributed by atoms with Crippen molar-refractivity contribution >= 4 is 11.6 Å². The van der Waals surface area contributed by atoms with Gasteiger partial charge in [-0.2, -0.15) is 0 Å². The van der Waals surface area contributed by atoms with Crippen LogP contribution in [0.3, 0.4) is 0 Å². The molecule has 1 saturated carbocycles. The third kappa shape index (κ3) is 3.27. The molecule has 0 aliphatic heterocycles. The lowest BCUT2D eigenvalue weighted by molar-refractivity contribution is 0.203. The Kier molecular flexibility index (Phi) is 4.03. The summed E-state index contributed by atoms with van der Waals surface area (Å²) in [7, 11) is 0. The molecule has 2 heteroatoms. The Morgan fingerprint density at radius 2 is 1.72 bits per heavy atom. The number of hydrogen-bond donors (Lipinski definition) is 1. The second-order valence-electron chi connectivity index (χ2n) is 6.67. The van der Waals surface area contributed by atoms with Crippen LogP contribution in [0, 0.1) is 5.41 Å². The second-order valence-corrected chi connectivity index (χ2v) is 7.11. The Bertz CT molecular complexity index is 385. The van der Waals surface area contributed by atoms with Crippen LogP contribution in [-0.2, 0) is 0 Å². The van der Waals surface area contributed by atoms with Crippen LogP contribution in [0.15, 0.2) is 24.3 Å². The number of halogens is 1. The van der Waals surface area contributed by atoms with Gasteiger partial charge in [-0.05, 0) is 48.8 Å². The predicted octanol–water partition coefficient (Wildman–Crippen LogP) is 4.61. The summed E-state index contributed by atoms with van der Waals surface area (Å²) in [6.45, 7) is 9.16. The average molecular weight is 266 g/mol. The molecule has 0 spiro atoms. The monoisotopic (exact) mass is 265 g/mol. The first-order valence-electron chi connectivity index (χ1n) is 6.88. The summed E-state index contributed by atoms with van der Waals surface area (Å²) in [6.07, 6.45) is 2.50. The van der Waals surface area contributed by atoms with Crippen molar-refractivity contribution in [3.05, 3.63) is 34.9 Å². The molecule has 1 nitrogen and oxygen atoms in total. The number of rotatable bonds is 3. The van der Waals surface area contributed by atoms with E-state index in [9.17, 15) is 0 Å². The maximum Gasteiger partial charge on any atom is 0.0406 e. The summed E-state index contributed by atoms with van der Waals surface area (Å²) < 4.78 is 0. The van der Waals surface area contributed by atoms with Crippen LogP contribution >= 0.6 is 11.6 Å². The molecule has 1 N–H and O–H groups in total. The largest absolute Gasteiger partial charge is 0.311 e. The van der Waals surface area contributed by atoms with Crippen LogP contribution in [0.4, 0.5) is 0 Å². The summed E-state index contributed by atoms with van der Waals surface area (Å²) in [5.41, 5.74) is 1.77. The molecule has 1 unspecified atom stereocenters. The summed E-state index contributed by atoms with van der Waals surface area (Å²) in [5, 5.41) is 4.57. The third-order valence-electron chi connectivity index (χ3n) is 4.26. The maximum absolute atomic E-state index is 5.91. The van der Waals surface area contributed by atoms with Gasteiger partial charge in [0.2, 0.25) is 0 Å². The van der Waals surface area contributed by atoms with Gasteiger partial charge < -0.3 is 5.32 Å². The van der Waals surface area contributed by atoms with E-state index in [-0.39, 0.29) is 0 Å². The molecule has 0 bridgehead atoms. The van der Waals surface area contributed by atoms with Crippen LogP contribution < -0.4 is 5.32 Å². The van der Waals surface area contributed by atoms with Crippen molar-refractivity contribution in [3.63, 3.8) is 0 Å². The fourth-order valence-electron chi connectivity index (χ4n) is 2.36. The van der Waals surface area contributed by atoms with Gasteiger partial charge in [0.05, 0.1) is 0 Å². The molecule has 2 rings (SSSR count). The maximum atomic E-state index is 5.91. The van der Waals surface area contributed by atoms with Crippen LogP contribution in [0.25, 0.3) is 0 Å². The molecule has 0 heterocycles. The van der Waals surface area contributed by atoms with Gasteiger partial charge >= 0.3 is 0 Å². The Labute approximate surface area is 116 Å². The molecule has 1 aliphatic rings. The molecule has 0 radical (unpaired) electrons. The predicted molar refractivity (Wildman–Crippen MR) is 79.3 cm³/mol. The van der Waals surface area contributed by atoms with Crippen molar-refractivity contribution in [2.75, 3.05) is 0 Å². The molecular weight excluding hydrogens is 242 g/mol. The van der Waals surface area contributed by atoms with E-state index in [0.717, 1.165) is 5.02 Å². The van der Waals surface area contributed by atoms with Crippen molar-refractivity contribution < 1.29 is 0 Å². The van der Waals surface area contributed by atoms with E-state index in [1.165, 1.54) is 18.4 Å². The second kappa shape index (κ2) is 5.22. The highest BCUT2D eigenvalue weighted by Crippen LogP contribution is 2.38. The molecule has 0 aromatic heterocycles. The van der Waals surface area contributed by atoms with E-state index in [2.05, 4.69) is 45.1 Å². The zero-order valence-corrected chi connectivity index (χ0v) is 12.6. The summed E-state index contributed by atoms with van der Waals surface area (Å²) in [5.74, 6) is 0.715. The van der Waals surface area contributed by atoms with E-state index < -0.39 is 0 Å². The highest BCUT2D eigenvalue weighted by Gasteiger charge is 2.32. The molecule has 1 aromatic carbocycles. The van der Waals surface area contributed by atoms with Gasteiger partial charge in [0.1, 0.15) is 0 Å². The smallest absolute Gasteiger partial charge is 0.0406 e. The van der Waals surface area contributed by atoms with E-state index >= 15 is 0 Å². The lowest BCUT2D eigenvalue weighted by Crippen LogP contribution is -2.49. The molecule has 100 valence electrons. The normalized spacial score (nSPS) is 25.6. The highest BCUT2D eigenvalue weighted by molar-refractivity contribution is 6.30. The minimum absolute atomic E-state index is 0.339. The summed E-state index contributed by atoms with van der Waals surface area (Å²) in [4.78, 5) is 0. The van der Waals surface area contributed by atoms with Gasteiger partial charge in [-0.15, -0.1) is 0 Å². The first kappa shape index (κ1) is 13.9. The van der Waals surface area contributed by atoms with Gasteiger partial charge in [-0.3, -0.25) is 0 Å². The zero-order valence-electron chi connectivity index (χ0n) is 11.8. The zero-order chi connectivity index (χ0) is 13.3. The number of nitrogens with one attached hydrogen (secondary N) is 1. The third-order valence-corrected chi connectivity index (χ3v) is 4.52. The van der Waals surface area contributed by atoms with Crippen molar-refractivity contribution in [2.45, 2.75) is 58.5 Å². The minimum Gasteiger partial charge on any atom is -0.311 e. The Balaban J connectivity index is 1.82. The molecule has 0 saturated heterocycles. The van der Waals surface area contributed by atoms with Gasteiger partial charge in [0, 0.05) is 17.1 Å². The fourth-order valence-corrected chi connectivity index (χ4v) is 2.49. The first-order chi connectivity index (χ1) is 8.36. The minimum atomic E-state index is 0.339. The van der Waals surface area contributed by atoms with Gasteiger partial charge in [0.25, 0.3) is 0 Å². The Morgan fingerprint density at radius 1 is 1.17 bits per heavy atom. The summed E-state index contributed by atoms with van der Waals surface area (Å²) >= 11 is 5.91. The van der Waals surface area contributed by atoms with E-state index in [1.807, 2.05) is 12.1 Å². The van der Waals surface area contributed by atoms with E-state index in [4.69, 9.17) is 11.6 Å². The Hall–Kier alpha value is -0.530.